The van der Waals surface area contributed by atoms with E-state index in [0.29, 0.717) is 25.7 Å². The van der Waals surface area contributed by atoms with Gasteiger partial charge in [-0.2, -0.15) is 0 Å². The summed E-state index contributed by atoms with van der Waals surface area (Å²) in [6.45, 7) is 14.2. The third-order valence-electron chi connectivity index (χ3n) is 18.7. The standard InChI is InChI=1S/C79H154O17P2/c1-9-72(8)58-50-42-37-38-44-52-60-77(82)90-66-75(96-79(84)62-54-46-36-30-24-18-16-21-27-33-41-49-57-71(6)7)68-94-98(87,88)92-64-73(80)63-91-97(85,86)93-67-74(95-78(83)61-53-45-35-29-23-17-15-20-26-32-40-48-56-70(4)5)65-89-76(81)59-51-43-34-28-22-14-12-10-11-13-19-25-31-39-47-55-69(2)3/h69-75,80H,9-68H2,1-8H3,(H,85,86)(H,87,88)/t72?,73-,74-,75-/m1/s1. The maximum Gasteiger partial charge on any atom is 0.472 e. The normalized spacial score (nSPS) is 14.3. The van der Waals surface area contributed by atoms with E-state index >= 15 is 0 Å². The van der Waals surface area contributed by atoms with E-state index in [1.165, 1.54) is 199 Å². The summed E-state index contributed by atoms with van der Waals surface area (Å²) in [5.41, 5.74) is 0. The van der Waals surface area contributed by atoms with Gasteiger partial charge in [0.1, 0.15) is 19.3 Å². The number of phosphoric acid groups is 2. The average Bonchev–Trinajstić information content (AvgIpc) is 1.03. The van der Waals surface area contributed by atoms with Gasteiger partial charge < -0.3 is 33.8 Å². The fourth-order valence-electron chi connectivity index (χ4n) is 12.0. The third-order valence-corrected chi connectivity index (χ3v) is 20.6. The summed E-state index contributed by atoms with van der Waals surface area (Å²) in [6, 6.07) is 0. The third kappa shape index (κ3) is 71.1. The molecule has 0 aromatic carbocycles. The van der Waals surface area contributed by atoms with Crippen molar-refractivity contribution in [2.75, 3.05) is 39.6 Å². The maximum atomic E-state index is 13.1. The average molecular weight is 1440 g/mol. The van der Waals surface area contributed by atoms with E-state index in [-0.39, 0.29) is 25.7 Å². The minimum Gasteiger partial charge on any atom is -0.462 e. The molecule has 0 saturated carbocycles. The van der Waals surface area contributed by atoms with Gasteiger partial charge in [0, 0.05) is 25.7 Å². The van der Waals surface area contributed by atoms with Crippen LogP contribution in [-0.2, 0) is 65.4 Å². The van der Waals surface area contributed by atoms with E-state index in [0.717, 1.165) is 120 Å². The summed E-state index contributed by atoms with van der Waals surface area (Å²) in [5.74, 6) is 0.974. The number of phosphoric ester groups is 2. The van der Waals surface area contributed by atoms with Crippen LogP contribution in [0.1, 0.15) is 402 Å². The molecule has 19 heteroatoms. The lowest BCUT2D eigenvalue weighted by Gasteiger charge is -2.21. The van der Waals surface area contributed by atoms with Gasteiger partial charge in [-0.15, -0.1) is 0 Å². The smallest absolute Gasteiger partial charge is 0.462 e. The molecule has 582 valence electrons. The number of unbranched alkanes of at least 4 members (excludes halogenated alkanes) is 41. The van der Waals surface area contributed by atoms with Crippen LogP contribution in [0, 0.1) is 23.7 Å². The van der Waals surface area contributed by atoms with Gasteiger partial charge in [-0.05, 0) is 49.4 Å². The van der Waals surface area contributed by atoms with Crippen LogP contribution in [0.5, 0.6) is 0 Å². The SMILES string of the molecule is CCC(C)CCCCCCCCC(=O)OC[C@H](COP(=O)(O)OC[C@H](O)COP(=O)(O)OC[C@@H](COC(=O)CCCCCCCCCCCCCCCCCC(C)C)OC(=O)CCCCCCCCCCCCCCC(C)C)OC(=O)CCCCCCCCCCCCCCC(C)C. The molecule has 0 aliphatic carbocycles. The molecule has 0 aliphatic rings. The molecule has 0 heterocycles. The second-order valence-electron chi connectivity index (χ2n) is 30.1. The molecule has 98 heavy (non-hydrogen) atoms. The molecule has 0 amide bonds. The van der Waals surface area contributed by atoms with Crippen molar-refractivity contribution in [3.8, 4) is 0 Å². The number of ether oxygens (including phenoxy) is 4. The van der Waals surface area contributed by atoms with E-state index in [4.69, 9.17) is 37.0 Å². The van der Waals surface area contributed by atoms with E-state index in [1.54, 1.807) is 0 Å². The zero-order chi connectivity index (χ0) is 72.4. The fourth-order valence-corrected chi connectivity index (χ4v) is 13.6. The molecular weight excluding hydrogens is 1280 g/mol. The Morgan fingerprint density at radius 1 is 0.286 bits per heavy atom. The Labute approximate surface area is 600 Å². The summed E-state index contributed by atoms with van der Waals surface area (Å²) >= 11 is 0. The molecular formula is C79H154O17P2. The van der Waals surface area contributed by atoms with Crippen LogP contribution < -0.4 is 0 Å². The zero-order valence-corrected chi connectivity index (χ0v) is 66.2. The zero-order valence-electron chi connectivity index (χ0n) is 64.4. The highest BCUT2D eigenvalue weighted by molar-refractivity contribution is 7.47. The van der Waals surface area contributed by atoms with Crippen LogP contribution in [0.15, 0.2) is 0 Å². The lowest BCUT2D eigenvalue weighted by Crippen LogP contribution is -2.30. The number of aliphatic hydroxyl groups excluding tert-OH is 1. The summed E-state index contributed by atoms with van der Waals surface area (Å²) in [7, 11) is -9.92. The first kappa shape index (κ1) is 96.1. The van der Waals surface area contributed by atoms with Crippen LogP contribution in [0.25, 0.3) is 0 Å². The molecule has 0 aromatic heterocycles. The predicted octanol–water partition coefficient (Wildman–Crippen LogP) is 23.2. The summed E-state index contributed by atoms with van der Waals surface area (Å²) < 4.78 is 68.6. The Kier molecular flexibility index (Phi) is 66.8. The van der Waals surface area contributed by atoms with Crippen molar-refractivity contribution in [3.05, 3.63) is 0 Å². The lowest BCUT2D eigenvalue weighted by molar-refractivity contribution is -0.161. The van der Waals surface area contributed by atoms with Crippen molar-refractivity contribution in [2.24, 2.45) is 23.7 Å². The van der Waals surface area contributed by atoms with Gasteiger partial charge in [-0.3, -0.25) is 37.3 Å². The van der Waals surface area contributed by atoms with Crippen molar-refractivity contribution in [3.63, 3.8) is 0 Å². The van der Waals surface area contributed by atoms with Gasteiger partial charge in [0.05, 0.1) is 26.4 Å². The van der Waals surface area contributed by atoms with E-state index in [2.05, 4.69) is 55.4 Å². The molecule has 6 atom stereocenters. The van der Waals surface area contributed by atoms with Crippen LogP contribution in [0.4, 0.5) is 0 Å². The molecule has 0 radical (unpaired) electrons. The Morgan fingerprint density at radius 2 is 0.490 bits per heavy atom. The van der Waals surface area contributed by atoms with Gasteiger partial charge in [0.25, 0.3) is 0 Å². The van der Waals surface area contributed by atoms with E-state index in [9.17, 15) is 43.2 Å². The van der Waals surface area contributed by atoms with Crippen molar-refractivity contribution >= 4 is 39.5 Å². The molecule has 0 spiro atoms. The van der Waals surface area contributed by atoms with Gasteiger partial charge in [0.2, 0.25) is 0 Å². The molecule has 0 aromatic rings. The van der Waals surface area contributed by atoms with E-state index in [1.807, 2.05) is 0 Å². The first-order chi connectivity index (χ1) is 47.1. The molecule has 0 saturated heterocycles. The quantitative estimate of drug-likeness (QED) is 0.0222. The largest absolute Gasteiger partial charge is 0.472 e. The molecule has 0 fully saturated rings. The van der Waals surface area contributed by atoms with Crippen molar-refractivity contribution in [1.29, 1.82) is 0 Å². The Hall–Kier alpha value is -1.94. The Morgan fingerprint density at radius 3 is 0.724 bits per heavy atom. The van der Waals surface area contributed by atoms with E-state index < -0.39 is 97.5 Å². The first-order valence-corrected chi connectivity index (χ1v) is 43.7. The summed E-state index contributed by atoms with van der Waals surface area (Å²) in [6.07, 6.45) is 54.1. The van der Waals surface area contributed by atoms with Gasteiger partial charge in [-0.25, -0.2) is 9.13 Å². The van der Waals surface area contributed by atoms with Crippen molar-refractivity contribution < 1.29 is 80.2 Å². The Bertz CT molecular complexity index is 1920. The number of esters is 4. The molecule has 0 bridgehead atoms. The molecule has 17 nitrogen and oxygen atoms in total. The first-order valence-electron chi connectivity index (χ1n) is 40.7. The van der Waals surface area contributed by atoms with Crippen LogP contribution in [0.2, 0.25) is 0 Å². The van der Waals surface area contributed by atoms with Crippen LogP contribution >= 0.6 is 15.6 Å². The number of carbonyl (C=O) groups is 4. The minimum atomic E-state index is -4.96. The topological polar surface area (TPSA) is 237 Å². The number of rotatable bonds is 76. The second kappa shape index (κ2) is 68.2. The fraction of sp³-hybridized carbons (Fsp3) is 0.949. The predicted molar refractivity (Wildman–Crippen MR) is 400 cm³/mol. The van der Waals surface area contributed by atoms with Gasteiger partial charge >= 0.3 is 39.5 Å². The lowest BCUT2D eigenvalue weighted by atomic mass is 10.00. The molecule has 0 rings (SSSR count). The second-order valence-corrected chi connectivity index (χ2v) is 33.0. The van der Waals surface area contributed by atoms with Crippen LogP contribution in [-0.4, -0.2) is 96.7 Å². The highest BCUT2D eigenvalue weighted by Crippen LogP contribution is 2.45. The number of hydrogen-bond donors (Lipinski definition) is 3. The van der Waals surface area contributed by atoms with Gasteiger partial charge in [0.15, 0.2) is 12.2 Å². The Balaban J connectivity index is 5.25. The minimum absolute atomic E-state index is 0.106. The monoisotopic (exact) mass is 1440 g/mol. The summed E-state index contributed by atoms with van der Waals surface area (Å²) in [4.78, 5) is 73.0. The number of aliphatic hydroxyl groups is 1. The highest BCUT2D eigenvalue weighted by atomic mass is 31.2. The van der Waals surface area contributed by atoms with Crippen LogP contribution in [0.3, 0.4) is 0 Å². The summed E-state index contributed by atoms with van der Waals surface area (Å²) in [5, 5.41) is 10.6. The van der Waals surface area contributed by atoms with Crippen molar-refractivity contribution in [1.82, 2.24) is 0 Å². The maximum absolute atomic E-state index is 13.1. The van der Waals surface area contributed by atoms with Crippen molar-refractivity contribution in [2.45, 2.75) is 420 Å². The highest BCUT2D eigenvalue weighted by Gasteiger charge is 2.30. The molecule has 3 N–H and O–H groups in total. The molecule has 3 unspecified atom stereocenters. The van der Waals surface area contributed by atoms with Gasteiger partial charge in [-0.1, -0.05) is 351 Å². The molecule has 0 aliphatic heterocycles. The number of carbonyl (C=O) groups excluding carboxylic acids is 4. The number of hydrogen-bond acceptors (Lipinski definition) is 15.